The molecule has 55 heavy (non-hydrogen) atoms. The lowest BCUT2D eigenvalue weighted by atomic mass is 9.97. The van der Waals surface area contributed by atoms with E-state index in [1.54, 1.807) is 0 Å². The molecule has 2 aliphatic rings. The molecule has 296 valence electrons. The van der Waals surface area contributed by atoms with Crippen LogP contribution < -0.4 is 0 Å². The molecule has 0 bridgehead atoms. The topological polar surface area (TPSA) is 55.4 Å². The molecule has 0 radical (unpaired) electrons. The van der Waals surface area contributed by atoms with Gasteiger partial charge in [-0.25, -0.2) is 0 Å². The molecule has 0 unspecified atom stereocenters. The molecule has 1 aliphatic heterocycles. The minimum absolute atomic E-state index is 0.0698. The number of hydrogen-bond donors (Lipinski definition) is 0. The van der Waals surface area contributed by atoms with Gasteiger partial charge in [0.25, 0.3) is 0 Å². The van der Waals surface area contributed by atoms with E-state index in [0.29, 0.717) is 33.0 Å². The molecule has 4 aromatic rings. The average Bonchev–Trinajstić information content (AvgIpc) is 3.24. The molecule has 6 rings (SSSR count). The maximum absolute atomic E-state index is 7.17. The highest BCUT2D eigenvalue weighted by atomic mass is 16.7. The molecule has 0 amide bonds. The van der Waals surface area contributed by atoms with Gasteiger partial charge in [-0.1, -0.05) is 198 Å². The van der Waals surface area contributed by atoms with Crippen LogP contribution in [0, 0.1) is 0 Å². The second kappa shape index (κ2) is 24.3. The Labute approximate surface area is 330 Å². The van der Waals surface area contributed by atoms with Crippen molar-refractivity contribution in [3.63, 3.8) is 0 Å². The second-order valence-corrected chi connectivity index (χ2v) is 15.4. The zero-order valence-electron chi connectivity index (χ0n) is 32.9. The molecule has 1 heterocycles. The van der Waals surface area contributed by atoms with Crippen molar-refractivity contribution in [2.45, 2.75) is 153 Å². The minimum Gasteiger partial charge on any atom is -0.374 e. The van der Waals surface area contributed by atoms with Crippen LogP contribution >= 0.6 is 0 Å². The molecule has 1 aliphatic carbocycles. The van der Waals surface area contributed by atoms with Gasteiger partial charge >= 0.3 is 0 Å². The first kappa shape index (κ1) is 41.3. The maximum Gasteiger partial charge on any atom is 0.187 e. The first-order valence-electron chi connectivity index (χ1n) is 21.2. The number of ether oxygens (including phenoxy) is 6. The highest BCUT2D eigenvalue weighted by Crippen LogP contribution is 2.33. The average molecular weight is 749 g/mol. The lowest BCUT2D eigenvalue weighted by Crippen LogP contribution is -2.62. The van der Waals surface area contributed by atoms with Crippen molar-refractivity contribution in [1.29, 1.82) is 0 Å². The van der Waals surface area contributed by atoms with E-state index >= 15 is 0 Å². The van der Waals surface area contributed by atoms with Gasteiger partial charge in [0, 0.05) is 0 Å². The quantitative estimate of drug-likeness (QED) is 0.121. The molecule has 0 aromatic heterocycles. The summed E-state index contributed by atoms with van der Waals surface area (Å²) in [4.78, 5) is 0. The molecule has 6 heteroatoms. The summed E-state index contributed by atoms with van der Waals surface area (Å²) in [5, 5.41) is 0. The SMILES string of the molecule is c1ccc(COC[C@H]2O[C@H](OC3CCCCCCCCCCCCCC3)[C@H](OCc3ccccc3)[C@@H](OCc3ccccc3)[C@@H]2OCc2ccccc2)cc1. The molecule has 1 saturated carbocycles. The third kappa shape index (κ3) is 14.6. The Morgan fingerprint density at radius 1 is 0.400 bits per heavy atom. The van der Waals surface area contributed by atoms with Gasteiger partial charge in [-0.05, 0) is 35.1 Å². The van der Waals surface area contributed by atoms with Crippen molar-refractivity contribution in [1.82, 2.24) is 0 Å². The van der Waals surface area contributed by atoms with Gasteiger partial charge < -0.3 is 28.4 Å². The van der Waals surface area contributed by atoms with E-state index < -0.39 is 30.7 Å². The molecule has 1 saturated heterocycles. The van der Waals surface area contributed by atoms with Crippen LogP contribution in [0.4, 0.5) is 0 Å². The first-order chi connectivity index (χ1) is 27.3. The van der Waals surface area contributed by atoms with Crippen LogP contribution in [0.3, 0.4) is 0 Å². The number of rotatable bonds is 15. The zero-order chi connectivity index (χ0) is 37.6. The maximum atomic E-state index is 7.17. The van der Waals surface area contributed by atoms with Crippen LogP contribution in [0.5, 0.6) is 0 Å². The van der Waals surface area contributed by atoms with Crippen LogP contribution in [0.1, 0.15) is 112 Å². The van der Waals surface area contributed by atoms with Crippen molar-refractivity contribution < 1.29 is 28.4 Å². The van der Waals surface area contributed by atoms with E-state index in [0.717, 1.165) is 47.9 Å². The van der Waals surface area contributed by atoms with Gasteiger partial charge in [-0.2, -0.15) is 0 Å². The first-order valence-corrected chi connectivity index (χ1v) is 21.2. The highest BCUT2D eigenvalue weighted by molar-refractivity contribution is 5.16. The van der Waals surface area contributed by atoms with Crippen molar-refractivity contribution in [3.8, 4) is 0 Å². The van der Waals surface area contributed by atoms with E-state index in [1.165, 1.54) is 64.2 Å². The predicted molar refractivity (Wildman–Crippen MR) is 219 cm³/mol. The Kier molecular flexibility index (Phi) is 18.2. The van der Waals surface area contributed by atoms with Gasteiger partial charge in [-0.3, -0.25) is 0 Å². The summed E-state index contributed by atoms with van der Waals surface area (Å²) >= 11 is 0. The second-order valence-electron chi connectivity index (χ2n) is 15.4. The van der Waals surface area contributed by atoms with Crippen molar-refractivity contribution in [3.05, 3.63) is 144 Å². The fourth-order valence-electron chi connectivity index (χ4n) is 7.84. The highest BCUT2D eigenvalue weighted by Gasteiger charge is 2.49. The monoisotopic (exact) mass is 748 g/mol. The molecule has 0 spiro atoms. The van der Waals surface area contributed by atoms with Crippen LogP contribution in [0.2, 0.25) is 0 Å². The molecule has 0 N–H and O–H groups in total. The van der Waals surface area contributed by atoms with Gasteiger partial charge in [0.05, 0.1) is 39.1 Å². The summed E-state index contributed by atoms with van der Waals surface area (Å²) in [6.45, 7) is 2.04. The Bertz CT molecular complexity index is 1520. The normalized spacial score (nSPS) is 23.7. The molecule has 6 nitrogen and oxygen atoms in total. The molecule has 4 aromatic carbocycles. The Morgan fingerprint density at radius 2 is 0.764 bits per heavy atom. The molecule has 2 fully saturated rings. The summed E-state index contributed by atoms with van der Waals surface area (Å²) in [6, 6.07) is 41.3. The van der Waals surface area contributed by atoms with E-state index in [2.05, 4.69) is 72.8 Å². The lowest BCUT2D eigenvalue weighted by molar-refractivity contribution is -0.337. The van der Waals surface area contributed by atoms with Gasteiger partial charge in [0.2, 0.25) is 0 Å². The van der Waals surface area contributed by atoms with E-state index in [1.807, 2.05) is 48.5 Å². The standard InChI is InChI=1S/C49H64O6/c1-2-4-6-8-10-24-34-44(33-23-9-7-5-3-1)54-49-48(53-38-43-31-21-14-22-32-43)47(52-37-42-29-19-13-20-30-42)46(51-36-41-27-17-12-18-28-41)45(55-49)39-50-35-40-25-15-11-16-26-40/h11-22,25-32,44-49H,1-10,23-24,33-39H2/t45-,46-,47+,48-,49+/m1/s1. The fourth-order valence-corrected chi connectivity index (χ4v) is 7.84. The van der Waals surface area contributed by atoms with Crippen LogP contribution in [-0.2, 0) is 54.8 Å². The number of hydrogen-bond acceptors (Lipinski definition) is 6. The van der Waals surface area contributed by atoms with Crippen molar-refractivity contribution in [2.75, 3.05) is 6.61 Å². The van der Waals surface area contributed by atoms with Gasteiger partial charge in [0.15, 0.2) is 6.29 Å². The Balaban J connectivity index is 1.28. The predicted octanol–water partition coefficient (Wildman–Crippen LogP) is 11.5. The van der Waals surface area contributed by atoms with Gasteiger partial charge in [-0.15, -0.1) is 0 Å². The Hall–Kier alpha value is -3.36. The largest absolute Gasteiger partial charge is 0.374 e. The number of benzene rings is 4. The summed E-state index contributed by atoms with van der Waals surface area (Å²) in [7, 11) is 0. The summed E-state index contributed by atoms with van der Waals surface area (Å²) in [6.07, 6.45) is 15.1. The molecular weight excluding hydrogens is 685 g/mol. The molecular formula is C49H64O6. The van der Waals surface area contributed by atoms with Crippen molar-refractivity contribution >= 4 is 0 Å². The Morgan fingerprint density at radius 3 is 1.20 bits per heavy atom. The van der Waals surface area contributed by atoms with E-state index in [-0.39, 0.29) is 6.10 Å². The third-order valence-corrected chi connectivity index (χ3v) is 11.0. The van der Waals surface area contributed by atoms with Crippen molar-refractivity contribution in [2.24, 2.45) is 0 Å². The van der Waals surface area contributed by atoms with E-state index in [9.17, 15) is 0 Å². The van der Waals surface area contributed by atoms with Crippen LogP contribution in [-0.4, -0.2) is 43.4 Å². The van der Waals surface area contributed by atoms with Crippen LogP contribution in [0.25, 0.3) is 0 Å². The van der Waals surface area contributed by atoms with Gasteiger partial charge in [0.1, 0.15) is 24.4 Å². The summed E-state index contributed by atoms with van der Waals surface area (Å²) in [5.74, 6) is 0. The minimum atomic E-state index is -0.654. The van der Waals surface area contributed by atoms with Crippen LogP contribution in [0.15, 0.2) is 121 Å². The molecule has 5 atom stereocenters. The summed E-state index contributed by atoms with van der Waals surface area (Å²) < 4.78 is 41.4. The zero-order valence-corrected chi connectivity index (χ0v) is 32.9. The summed E-state index contributed by atoms with van der Waals surface area (Å²) in [5.41, 5.74) is 4.38. The van der Waals surface area contributed by atoms with E-state index in [4.69, 9.17) is 28.4 Å². The lowest BCUT2D eigenvalue weighted by Gasteiger charge is -2.46. The smallest absolute Gasteiger partial charge is 0.187 e. The fraction of sp³-hybridized carbons (Fsp3) is 0.510. The third-order valence-electron chi connectivity index (χ3n) is 11.0.